The molecule has 3 aromatic carbocycles. The SMILES string of the molecule is Oc1ccccc1.[Cl-].[Ti+3].c1cc[cH-]c1.c1cc[cH-]c1. The van der Waals surface area contributed by atoms with Crippen LogP contribution in [0, 0.1) is 0 Å². The molecule has 0 aliphatic carbocycles. The van der Waals surface area contributed by atoms with Crippen molar-refractivity contribution in [1.82, 2.24) is 0 Å². The van der Waals surface area contributed by atoms with Crippen molar-refractivity contribution in [3.05, 3.63) is 91.0 Å². The molecule has 0 heterocycles. The number of aromatic hydroxyl groups is 1. The van der Waals surface area contributed by atoms with E-state index < -0.39 is 0 Å². The Hall–Kier alpha value is -1.28. The summed E-state index contributed by atoms with van der Waals surface area (Å²) in [5.41, 5.74) is 0. The zero-order valence-corrected chi connectivity index (χ0v) is 12.8. The summed E-state index contributed by atoms with van der Waals surface area (Å²) in [4.78, 5) is 0. The van der Waals surface area contributed by atoms with Gasteiger partial charge < -0.3 is 17.5 Å². The Bertz CT molecular complexity index is 374. The third-order valence-electron chi connectivity index (χ3n) is 1.87. The fraction of sp³-hybridized carbons (Fsp3) is 0. The third kappa shape index (κ3) is 13.0. The number of phenolic OH excluding ortho intramolecular Hbond substituents is 1. The minimum Gasteiger partial charge on any atom is -1.00 e. The molecule has 0 atom stereocenters. The molecule has 0 aromatic heterocycles. The van der Waals surface area contributed by atoms with Crippen LogP contribution in [0.15, 0.2) is 91.0 Å². The normalized spacial score (nSPS) is 7.37. The van der Waals surface area contributed by atoms with E-state index in [-0.39, 0.29) is 34.1 Å². The number of rotatable bonds is 0. The van der Waals surface area contributed by atoms with Crippen LogP contribution in [0.5, 0.6) is 5.75 Å². The van der Waals surface area contributed by atoms with Gasteiger partial charge in [-0.3, -0.25) is 0 Å². The van der Waals surface area contributed by atoms with E-state index in [0.717, 1.165) is 0 Å². The van der Waals surface area contributed by atoms with Gasteiger partial charge in [0.25, 0.3) is 0 Å². The van der Waals surface area contributed by atoms with Crippen LogP contribution >= 0.6 is 0 Å². The van der Waals surface area contributed by atoms with Crippen molar-refractivity contribution in [2.24, 2.45) is 0 Å². The molecule has 1 N–H and O–H groups in total. The standard InChI is InChI=1S/C6H6O.2C5H5.ClH.Ti/c7-6-4-2-1-3-5-6;2*1-2-4-5-3-1;;/h1-5,7H;2*1-5H;1H;/q;2*-1;;+3/p-1. The van der Waals surface area contributed by atoms with E-state index in [1.54, 1.807) is 24.3 Å². The number of halogens is 1. The molecule has 0 aliphatic rings. The maximum Gasteiger partial charge on any atom is 3.00 e. The summed E-state index contributed by atoms with van der Waals surface area (Å²) in [6.45, 7) is 0. The Labute approximate surface area is 135 Å². The van der Waals surface area contributed by atoms with Gasteiger partial charge in [0.2, 0.25) is 0 Å². The van der Waals surface area contributed by atoms with Gasteiger partial charge in [-0.2, -0.15) is 36.4 Å². The van der Waals surface area contributed by atoms with Gasteiger partial charge in [0, 0.05) is 0 Å². The summed E-state index contributed by atoms with van der Waals surface area (Å²) in [5.74, 6) is 0.322. The quantitative estimate of drug-likeness (QED) is 0.489. The Kier molecular flexibility index (Phi) is 15.6. The number of hydrogen-bond acceptors (Lipinski definition) is 1. The zero-order chi connectivity index (χ0) is 12.2. The molecule has 3 heteroatoms. The summed E-state index contributed by atoms with van der Waals surface area (Å²) in [7, 11) is 0. The van der Waals surface area contributed by atoms with Crippen LogP contribution in [0.1, 0.15) is 0 Å². The summed E-state index contributed by atoms with van der Waals surface area (Å²) in [5, 5.41) is 8.63. The van der Waals surface area contributed by atoms with Gasteiger partial charge in [0.05, 0.1) is 0 Å². The van der Waals surface area contributed by atoms with Gasteiger partial charge in [-0.15, -0.1) is 0 Å². The van der Waals surface area contributed by atoms with Crippen molar-refractivity contribution in [1.29, 1.82) is 0 Å². The predicted molar refractivity (Wildman–Crippen MR) is 72.2 cm³/mol. The van der Waals surface area contributed by atoms with Crippen LogP contribution in [0.3, 0.4) is 0 Å². The van der Waals surface area contributed by atoms with E-state index >= 15 is 0 Å². The zero-order valence-electron chi connectivity index (χ0n) is 10.5. The largest absolute Gasteiger partial charge is 3.00 e. The van der Waals surface area contributed by atoms with E-state index in [4.69, 9.17) is 5.11 Å². The van der Waals surface area contributed by atoms with E-state index in [2.05, 4.69) is 0 Å². The first kappa shape index (κ1) is 20.1. The first-order chi connectivity index (χ1) is 8.39. The molecule has 1 radical (unpaired) electrons. The van der Waals surface area contributed by atoms with Crippen molar-refractivity contribution in [2.45, 2.75) is 0 Å². The topological polar surface area (TPSA) is 20.2 Å². The summed E-state index contributed by atoms with van der Waals surface area (Å²) >= 11 is 0. The molecule has 0 spiro atoms. The predicted octanol–water partition coefficient (Wildman–Crippen LogP) is 1.20. The molecule has 0 saturated heterocycles. The number of para-hydroxylation sites is 1. The molecule has 1 nitrogen and oxygen atoms in total. The van der Waals surface area contributed by atoms with Crippen LogP contribution < -0.4 is 12.4 Å². The van der Waals surface area contributed by atoms with E-state index in [1.807, 2.05) is 66.7 Å². The van der Waals surface area contributed by atoms with Crippen molar-refractivity contribution >= 4 is 0 Å². The smallest absolute Gasteiger partial charge is 1.00 e. The van der Waals surface area contributed by atoms with Crippen molar-refractivity contribution < 1.29 is 39.2 Å². The third-order valence-corrected chi connectivity index (χ3v) is 1.87. The molecular weight excluding hydrogens is 291 g/mol. The van der Waals surface area contributed by atoms with Crippen LogP contribution in [-0.4, -0.2) is 5.11 Å². The first-order valence-electron chi connectivity index (χ1n) is 5.47. The molecule has 0 fully saturated rings. The molecular formula is C16H16ClOTi. The Balaban J connectivity index is 0. The van der Waals surface area contributed by atoms with E-state index in [0.29, 0.717) is 5.75 Å². The second-order valence-corrected chi connectivity index (χ2v) is 3.26. The molecule has 0 unspecified atom stereocenters. The van der Waals surface area contributed by atoms with Gasteiger partial charge in [0.15, 0.2) is 0 Å². The van der Waals surface area contributed by atoms with E-state index in [1.165, 1.54) is 0 Å². The fourth-order valence-electron chi connectivity index (χ4n) is 1.07. The van der Waals surface area contributed by atoms with Crippen molar-refractivity contribution in [3.8, 4) is 5.75 Å². The molecule has 19 heavy (non-hydrogen) atoms. The Morgan fingerprint density at radius 1 is 0.632 bits per heavy atom. The maximum absolute atomic E-state index is 8.63. The van der Waals surface area contributed by atoms with Gasteiger partial charge in [-0.05, 0) is 12.1 Å². The first-order valence-corrected chi connectivity index (χ1v) is 5.47. The van der Waals surface area contributed by atoms with E-state index in [9.17, 15) is 0 Å². The van der Waals surface area contributed by atoms with Crippen molar-refractivity contribution in [2.75, 3.05) is 0 Å². The van der Waals surface area contributed by atoms with Crippen LogP contribution in [0.2, 0.25) is 0 Å². The molecule has 0 aliphatic heterocycles. The molecule has 97 valence electrons. The number of benzene rings is 1. The molecule has 3 rings (SSSR count). The van der Waals surface area contributed by atoms with Gasteiger partial charge >= 0.3 is 21.7 Å². The number of phenols is 1. The minimum atomic E-state index is 0. The molecule has 0 bridgehead atoms. The van der Waals surface area contributed by atoms with Crippen LogP contribution in [-0.2, 0) is 21.7 Å². The fourth-order valence-corrected chi connectivity index (χ4v) is 1.07. The molecule has 3 aromatic rings. The second-order valence-electron chi connectivity index (χ2n) is 3.26. The van der Waals surface area contributed by atoms with Crippen LogP contribution in [0.25, 0.3) is 0 Å². The summed E-state index contributed by atoms with van der Waals surface area (Å²) < 4.78 is 0. The molecule has 0 saturated carbocycles. The second kappa shape index (κ2) is 14.8. The Morgan fingerprint density at radius 3 is 1.16 bits per heavy atom. The van der Waals surface area contributed by atoms with Crippen LogP contribution in [0.4, 0.5) is 0 Å². The maximum atomic E-state index is 8.63. The Morgan fingerprint density at radius 2 is 1.00 bits per heavy atom. The minimum absolute atomic E-state index is 0. The van der Waals surface area contributed by atoms with Gasteiger partial charge in [0.1, 0.15) is 5.75 Å². The molecule has 0 amide bonds. The van der Waals surface area contributed by atoms with Crippen molar-refractivity contribution in [3.63, 3.8) is 0 Å². The van der Waals surface area contributed by atoms with Gasteiger partial charge in [-0.25, -0.2) is 24.3 Å². The summed E-state index contributed by atoms with van der Waals surface area (Å²) in [6.07, 6.45) is 0. The average molecular weight is 308 g/mol. The average Bonchev–Trinajstić information content (AvgIpc) is 3.09. The monoisotopic (exact) mass is 307 g/mol. The number of hydrogen-bond donors (Lipinski definition) is 1. The summed E-state index contributed by atoms with van der Waals surface area (Å²) in [6, 6.07) is 28.7. The van der Waals surface area contributed by atoms with Gasteiger partial charge in [-0.1, -0.05) is 18.2 Å².